The molecule has 0 aliphatic carbocycles. The fraction of sp³-hybridized carbons (Fsp3) is 0.286. The Balaban J connectivity index is 0.00000220. The third-order valence-corrected chi connectivity index (χ3v) is 2.95. The quantitative estimate of drug-likeness (QED) is 0.882. The molecule has 0 saturated heterocycles. The number of nitrogens with two attached hydrogens (primary N) is 1. The van der Waals surface area contributed by atoms with Crippen LogP contribution in [-0.2, 0) is 6.42 Å². The zero-order chi connectivity index (χ0) is 14.5. The normalized spacial score (nSPS) is 10.0. The molecule has 21 heavy (non-hydrogen) atoms. The van der Waals surface area contributed by atoms with E-state index in [1.54, 1.807) is 16.8 Å². The maximum Gasteiger partial charge on any atom is 0.254 e. The Kier molecular flexibility index (Phi) is 6.33. The highest BCUT2D eigenvalue weighted by atomic mass is 35.5. The van der Waals surface area contributed by atoms with Gasteiger partial charge in [0, 0.05) is 13.1 Å². The highest BCUT2D eigenvalue weighted by Crippen LogP contribution is 2.16. The lowest BCUT2D eigenvalue weighted by molar-refractivity contribution is 0.0954. The first-order chi connectivity index (χ1) is 9.67. The Labute approximate surface area is 128 Å². The van der Waals surface area contributed by atoms with E-state index in [0.717, 1.165) is 11.4 Å². The van der Waals surface area contributed by atoms with Gasteiger partial charge in [-0.05, 0) is 30.7 Å². The molecule has 114 valence electrons. The lowest BCUT2D eigenvalue weighted by Crippen LogP contribution is -2.29. The molecule has 2 rings (SSSR count). The van der Waals surface area contributed by atoms with Crippen LogP contribution in [0.15, 0.2) is 30.5 Å². The summed E-state index contributed by atoms with van der Waals surface area (Å²) < 4.78 is 14.6. The summed E-state index contributed by atoms with van der Waals surface area (Å²) in [5.74, 6) is -0.500. The van der Waals surface area contributed by atoms with Crippen LogP contribution in [0.25, 0.3) is 5.69 Å². The largest absolute Gasteiger partial charge is 0.351 e. The zero-order valence-corrected chi connectivity index (χ0v) is 12.5. The van der Waals surface area contributed by atoms with E-state index in [-0.39, 0.29) is 24.1 Å². The first-order valence-corrected chi connectivity index (χ1v) is 6.48. The van der Waals surface area contributed by atoms with E-state index >= 15 is 0 Å². The van der Waals surface area contributed by atoms with Crippen LogP contribution in [0.5, 0.6) is 0 Å². The minimum atomic E-state index is -0.306. The van der Waals surface area contributed by atoms with Gasteiger partial charge in [0.1, 0.15) is 5.82 Å². The SMILES string of the molecule is CCc1c(C(=O)NCCN)cnn1-c1ccc(F)cc1.Cl. The predicted molar refractivity (Wildman–Crippen MR) is 81.5 cm³/mol. The molecular formula is C14H18ClFN4O. The van der Waals surface area contributed by atoms with Crippen LogP contribution in [0.3, 0.4) is 0 Å². The number of nitrogens with zero attached hydrogens (tertiary/aromatic N) is 2. The lowest BCUT2D eigenvalue weighted by atomic mass is 10.2. The molecule has 1 aromatic heterocycles. The zero-order valence-electron chi connectivity index (χ0n) is 11.7. The van der Waals surface area contributed by atoms with Crippen molar-refractivity contribution in [3.63, 3.8) is 0 Å². The molecule has 3 N–H and O–H groups in total. The van der Waals surface area contributed by atoms with Crippen molar-refractivity contribution in [3.05, 3.63) is 47.5 Å². The number of aromatic nitrogens is 2. The van der Waals surface area contributed by atoms with Crippen LogP contribution < -0.4 is 11.1 Å². The van der Waals surface area contributed by atoms with Gasteiger partial charge in [0.05, 0.1) is 23.1 Å². The Hall–Kier alpha value is -1.92. The molecule has 0 bridgehead atoms. The van der Waals surface area contributed by atoms with Crippen molar-refractivity contribution in [2.24, 2.45) is 5.73 Å². The minimum Gasteiger partial charge on any atom is -0.351 e. The van der Waals surface area contributed by atoms with Gasteiger partial charge in [-0.25, -0.2) is 9.07 Å². The van der Waals surface area contributed by atoms with Gasteiger partial charge in [-0.1, -0.05) is 6.92 Å². The van der Waals surface area contributed by atoms with Gasteiger partial charge in [-0.15, -0.1) is 12.4 Å². The summed E-state index contributed by atoms with van der Waals surface area (Å²) in [5.41, 5.74) is 7.39. The topological polar surface area (TPSA) is 72.9 Å². The fourth-order valence-electron chi connectivity index (χ4n) is 1.99. The van der Waals surface area contributed by atoms with Crippen molar-refractivity contribution in [2.75, 3.05) is 13.1 Å². The van der Waals surface area contributed by atoms with Gasteiger partial charge in [0.2, 0.25) is 0 Å². The molecular weight excluding hydrogens is 295 g/mol. The number of hydrogen-bond donors (Lipinski definition) is 2. The smallest absolute Gasteiger partial charge is 0.254 e. The van der Waals surface area contributed by atoms with Crippen LogP contribution in [0, 0.1) is 5.82 Å². The molecule has 1 aromatic carbocycles. The average molecular weight is 313 g/mol. The number of halogens is 2. The first kappa shape index (κ1) is 17.1. The Morgan fingerprint density at radius 1 is 1.38 bits per heavy atom. The van der Waals surface area contributed by atoms with Crippen LogP contribution in [0.2, 0.25) is 0 Å². The molecule has 0 aliphatic heterocycles. The highest BCUT2D eigenvalue weighted by molar-refractivity contribution is 5.95. The molecule has 0 spiro atoms. The molecule has 2 aromatic rings. The van der Waals surface area contributed by atoms with E-state index in [1.807, 2.05) is 6.92 Å². The minimum absolute atomic E-state index is 0. The highest BCUT2D eigenvalue weighted by Gasteiger charge is 2.16. The molecule has 7 heteroatoms. The molecule has 5 nitrogen and oxygen atoms in total. The van der Waals surface area contributed by atoms with Crippen molar-refractivity contribution < 1.29 is 9.18 Å². The first-order valence-electron chi connectivity index (χ1n) is 6.48. The second-order valence-electron chi connectivity index (χ2n) is 4.29. The average Bonchev–Trinajstić information content (AvgIpc) is 2.89. The van der Waals surface area contributed by atoms with Gasteiger partial charge in [0.15, 0.2) is 0 Å². The Morgan fingerprint density at radius 2 is 2.05 bits per heavy atom. The number of nitrogens with one attached hydrogen (secondary N) is 1. The molecule has 0 fully saturated rings. The van der Waals surface area contributed by atoms with Crippen molar-refractivity contribution in [3.8, 4) is 5.69 Å². The molecule has 0 aliphatic rings. The summed E-state index contributed by atoms with van der Waals surface area (Å²) in [6.07, 6.45) is 2.16. The van der Waals surface area contributed by atoms with Crippen molar-refractivity contribution >= 4 is 18.3 Å². The van der Waals surface area contributed by atoms with Crippen molar-refractivity contribution in [1.29, 1.82) is 0 Å². The number of carbonyl (C=O) groups is 1. The van der Waals surface area contributed by atoms with Gasteiger partial charge in [0.25, 0.3) is 5.91 Å². The molecule has 0 atom stereocenters. The molecule has 1 amide bonds. The third kappa shape index (κ3) is 3.80. The van der Waals surface area contributed by atoms with E-state index < -0.39 is 0 Å². The maximum absolute atomic E-state index is 13.0. The van der Waals surface area contributed by atoms with Gasteiger partial charge in [-0.3, -0.25) is 4.79 Å². The fourth-order valence-corrected chi connectivity index (χ4v) is 1.99. The third-order valence-electron chi connectivity index (χ3n) is 2.95. The second kappa shape index (κ2) is 7.75. The molecule has 0 radical (unpaired) electrons. The van der Waals surface area contributed by atoms with E-state index in [4.69, 9.17) is 5.73 Å². The summed E-state index contributed by atoms with van der Waals surface area (Å²) in [6, 6.07) is 5.99. The van der Waals surface area contributed by atoms with Crippen molar-refractivity contribution in [1.82, 2.24) is 15.1 Å². The van der Waals surface area contributed by atoms with E-state index in [2.05, 4.69) is 10.4 Å². The number of rotatable bonds is 5. The van der Waals surface area contributed by atoms with E-state index in [0.29, 0.717) is 25.1 Å². The maximum atomic E-state index is 13.0. The van der Waals surface area contributed by atoms with Crippen molar-refractivity contribution in [2.45, 2.75) is 13.3 Å². The molecule has 1 heterocycles. The van der Waals surface area contributed by atoms with Crippen LogP contribution in [-0.4, -0.2) is 28.8 Å². The summed E-state index contributed by atoms with van der Waals surface area (Å²) in [7, 11) is 0. The van der Waals surface area contributed by atoms with E-state index in [9.17, 15) is 9.18 Å². The van der Waals surface area contributed by atoms with E-state index in [1.165, 1.54) is 18.3 Å². The Bertz CT molecular complexity index is 598. The number of amides is 1. The van der Waals surface area contributed by atoms with Gasteiger partial charge < -0.3 is 11.1 Å². The molecule has 0 saturated carbocycles. The predicted octanol–water partition coefficient (Wildman–Crippen LogP) is 1.68. The summed E-state index contributed by atoms with van der Waals surface area (Å²) >= 11 is 0. The standard InChI is InChI=1S/C14H17FN4O.ClH/c1-2-13-12(14(20)17-8-7-16)9-18-19(13)11-5-3-10(15)4-6-11;/h3-6,9H,2,7-8,16H2,1H3,(H,17,20);1H. The molecule has 0 unspecified atom stereocenters. The number of hydrogen-bond acceptors (Lipinski definition) is 3. The van der Waals surface area contributed by atoms with Crippen LogP contribution >= 0.6 is 12.4 Å². The van der Waals surface area contributed by atoms with Crippen LogP contribution in [0.1, 0.15) is 23.0 Å². The lowest BCUT2D eigenvalue weighted by Gasteiger charge is -2.08. The summed E-state index contributed by atoms with van der Waals surface area (Å²) in [6.45, 7) is 2.75. The summed E-state index contributed by atoms with van der Waals surface area (Å²) in [4.78, 5) is 12.0. The monoisotopic (exact) mass is 312 g/mol. The summed E-state index contributed by atoms with van der Waals surface area (Å²) in [5, 5.41) is 6.94. The number of benzene rings is 1. The number of carbonyl (C=O) groups excluding carboxylic acids is 1. The Morgan fingerprint density at radius 3 is 2.62 bits per heavy atom. The van der Waals surface area contributed by atoms with Gasteiger partial charge in [-0.2, -0.15) is 5.10 Å². The van der Waals surface area contributed by atoms with Gasteiger partial charge >= 0.3 is 0 Å². The van der Waals surface area contributed by atoms with Crippen LogP contribution in [0.4, 0.5) is 4.39 Å². The second-order valence-corrected chi connectivity index (χ2v) is 4.29.